The number of aromatic nitrogens is 1. The molecule has 5 nitrogen and oxygen atoms in total. The topological polar surface area (TPSA) is 77.2 Å². The summed E-state index contributed by atoms with van der Waals surface area (Å²) in [6, 6.07) is 3.43. The van der Waals surface area contributed by atoms with Crippen molar-refractivity contribution < 1.29 is 9.53 Å². The summed E-state index contributed by atoms with van der Waals surface area (Å²) in [4.78, 5) is 16.4. The molecule has 1 aliphatic heterocycles. The van der Waals surface area contributed by atoms with Crippen LogP contribution >= 0.6 is 0 Å². The highest BCUT2D eigenvalue weighted by molar-refractivity contribution is 5.94. The van der Waals surface area contributed by atoms with Crippen LogP contribution in [0, 0.1) is 5.41 Å². The quantitative estimate of drug-likeness (QED) is 0.879. The minimum atomic E-state index is -0.0819. The second-order valence-electron chi connectivity index (χ2n) is 5.73. The second-order valence-corrected chi connectivity index (χ2v) is 5.73. The summed E-state index contributed by atoms with van der Waals surface area (Å²) in [7, 11) is 0. The molecule has 3 N–H and O–H groups in total. The standard InChI is InChI=1S/C15H23N3O2/c1-3-12-8-11(9-13(16)18-12)14(19)17-10-15(2)4-6-20-7-5-15/h8-9H,3-7,10H2,1-2H3,(H2,16,18)(H,17,19). The normalized spacial score (nSPS) is 17.7. The van der Waals surface area contributed by atoms with Gasteiger partial charge >= 0.3 is 0 Å². The molecule has 110 valence electrons. The zero-order chi connectivity index (χ0) is 14.6. The molecule has 1 aromatic rings. The predicted octanol–water partition coefficient (Wildman–Crippen LogP) is 1.77. The van der Waals surface area contributed by atoms with Gasteiger partial charge in [0.1, 0.15) is 5.82 Å². The lowest BCUT2D eigenvalue weighted by atomic mass is 9.82. The van der Waals surface area contributed by atoms with E-state index in [0.29, 0.717) is 17.9 Å². The van der Waals surface area contributed by atoms with Crippen molar-refractivity contribution in [2.24, 2.45) is 5.41 Å². The van der Waals surface area contributed by atoms with Crippen molar-refractivity contribution >= 4 is 11.7 Å². The zero-order valence-corrected chi connectivity index (χ0v) is 12.2. The molecule has 0 spiro atoms. The van der Waals surface area contributed by atoms with Crippen LogP contribution in [0.4, 0.5) is 5.82 Å². The number of carbonyl (C=O) groups excluding carboxylic acids is 1. The lowest BCUT2D eigenvalue weighted by molar-refractivity contribution is 0.0238. The number of ether oxygens (including phenoxy) is 1. The third-order valence-electron chi connectivity index (χ3n) is 3.90. The molecule has 0 atom stereocenters. The summed E-state index contributed by atoms with van der Waals surface area (Å²) in [6.07, 6.45) is 2.72. The average Bonchev–Trinajstić information content (AvgIpc) is 2.45. The summed E-state index contributed by atoms with van der Waals surface area (Å²) in [6.45, 7) is 6.39. The molecule has 1 aromatic heterocycles. The molecule has 0 bridgehead atoms. The fourth-order valence-electron chi connectivity index (χ4n) is 2.36. The van der Waals surface area contributed by atoms with Gasteiger partial charge in [-0.25, -0.2) is 4.98 Å². The van der Waals surface area contributed by atoms with Crippen molar-refractivity contribution in [1.82, 2.24) is 10.3 Å². The number of carbonyl (C=O) groups is 1. The van der Waals surface area contributed by atoms with Crippen molar-refractivity contribution in [3.8, 4) is 0 Å². The number of rotatable bonds is 4. The highest BCUT2D eigenvalue weighted by Gasteiger charge is 2.27. The molecule has 0 aliphatic carbocycles. The van der Waals surface area contributed by atoms with Crippen LogP contribution in [0.1, 0.15) is 42.7 Å². The average molecular weight is 277 g/mol. The Labute approximate surface area is 119 Å². The maximum Gasteiger partial charge on any atom is 0.251 e. The number of nitrogen functional groups attached to an aromatic ring is 1. The largest absolute Gasteiger partial charge is 0.384 e. The predicted molar refractivity (Wildman–Crippen MR) is 78.5 cm³/mol. The summed E-state index contributed by atoms with van der Waals surface area (Å²) >= 11 is 0. The number of pyridine rings is 1. The first-order valence-corrected chi connectivity index (χ1v) is 7.15. The van der Waals surface area contributed by atoms with Crippen LogP contribution in [0.5, 0.6) is 0 Å². The fraction of sp³-hybridized carbons (Fsp3) is 0.600. The first-order valence-electron chi connectivity index (χ1n) is 7.15. The van der Waals surface area contributed by atoms with Gasteiger partial charge in [0, 0.05) is 31.0 Å². The number of anilines is 1. The first-order chi connectivity index (χ1) is 9.52. The summed E-state index contributed by atoms with van der Waals surface area (Å²) in [5, 5.41) is 3.01. The molecule has 2 rings (SSSR count). The lowest BCUT2D eigenvalue weighted by Gasteiger charge is -2.33. The van der Waals surface area contributed by atoms with Crippen LogP contribution in [0.15, 0.2) is 12.1 Å². The fourth-order valence-corrected chi connectivity index (χ4v) is 2.36. The van der Waals surface area contributed by atoms with Crippen molar-refractivity contribution in [3.05, 3.63) is 23.4 Å². The lowest BCUT2D eigenvalue weighted by Crippen LogP contribution is -2.39. The van der Waals surface area contributed by atoms with Crippen LogP contribution < -0.4 is 11.1 Å². The Kier molecular flexibility index (Phi) is 4.60. The Morgan fingerprint density at radius 1 is 1.45 bits per heavy atom. The van der Waals surface area contributed by atoms with Gasteiger partial charge in [-0.05, 0) is 36.8 Å². The number of hydrogen-bond donors (Lipinski definition) is 2. The van der Waals surface area contributed by atoms with Gasteiger partial charge in [0.15, 0.2) is 0 Å². The van der Waals surface area contributed by atoms with E-state index in [-0.39, 0.29) is 11.3 Å². The van der Waals surface area contributed by atoms with E-state index >= 15 is 0 Å². The van der Waals surface area contributed by atoms with Gasteiger partial charge in [-0.2, -0.15) is 0 Å². The highest BCUT2D eigenvalue weighted by Crippen LogP contribution is 2.28. The third-order valence-corrected chi connectivity index (χ3v) is 3.90. The van der Waals surface area contributed by atoms with Gasteiger partial charge in [-0.1, -0.05) is 13.8 Å². The molecule has 0 aromatic carbocycles. The Bertz CT molecular complexity index is 482. The molecule has 0 saturated carbocycles. The van der Waals surface area contributed by atoms with Gasteiger partial charge in [-0.15, -0.1) is 0 Å². The van der Waals surface area contributed by atoms with E-state index in [1.807, 2.05) is 6.92 Å². The highest BCUT2D eigenvalue weighted by atomic mass is 16.5. The van der Waals surface area contributed by atoms with Crippen molar-refractivity contribution in [3.63, 3.8) is 0 Å². The summed E-state index contributed by atoms with van der Waals surface area (Å²) in [5.74, 6) is 0.313. The minimum absolute atomic E-state index is 0.0819. The molecule has 1 fully saturated rings. The molecule has 1 aliphatic rings. The Morgan fingerprint density at radius 3 is 2.80 bits per heavy atom. The molecular formula is C15H23N3O2. The van der Waals surface area contributed by atoms with E-state index in [1.54, 1.807) is 12.1 Å². The molecular weight excluding hydrogens is 254 g/mol. The van der Waals surface area contributed by atoms with Crippen LogP contribution in [-0.2, 0) is 11.2 Å². The van der Waals surface area contributed by atoms with Gasteiger partial charge in [0.25, 0.3) is 5.91 Å². The van der Waals surface area contributed by atoms with Crippen LogP contribution in [0.3, 0.4) is 0 Å². The van der Waals surface area contributed by atoms with Gasteiger partial charge in [0.05, 0.1) is 0 Å². The van der Waals surface area contributed by atoms with E-state index < -0.39 is 0 Å². The molecule has 0 unspecified atom stereocenters. The second kappa shape index (κ2) is 6.22. The monoisotopic (exact) mass is 277 g/mol. The van der Waals surface area contributed by atoms with Crippen molar-refractivity contribution in [2.45, 2.75) is 33.1 Å². The van der Waals surface area contributed by atoms with Gasteiger partial charge in [0.2, 0.25) is 0 Å². The van der Waals surface area contributed by atoms with Gasteiger partial charge < -0.3 is 15.8 Å². The number of nitrogens with two attached hydrogens (primary N) is 1. The van der Waals surface area contributed by atoms with Crippen LogP contribution in [0.25, 0.3) is 0 Å². The summed E-state index contributed by atoms with van der Waals surface area (Å²) in [5.41, 5.74) is 7.28. The molecule has 20 heavy (non-hydrogen) atoms. The van der Waals surface area contributed by atoms with E-state index in [0.717, 1.165) is 38.2 Å². The number of nitrogens with zero attached hydrogens (tertiary/aromatic N) is 1. The van der Waals surface area contributed by atoms with E-state index in [2.05, 4.69) is 17.2 Å². The van der Waals surface area contributed by atoms with Crippen molar-refractivity contribution in [2.75, 3.05) is 25.5 Å². The molecule has 2 heterocycles. The SMILES string of the molecule is CCc1cc(C(=O)NCC2(C)CCOCC2)cc(N)n1. The number of hydrogen-bond acceptors (Lipinski definition) is 4. The maximum absolute atomic E-state index is 12.2. The van der Waals surface area contributed by atoms with Crippen LogP contribution in [0.2, 0.25) is 0 Å². The smallest absolute Gasteiger partial charge is 0.251 e. The van der Waals surface area contributed by atoms with Gasteiger partial charge in [-0.3, -0.25) is 4.79 Å². The zero-order valence-electron chi connectivity index (χ0n) is 12.2. The number of nitrogens with one attached hydrogen (secondary N) is 1. The summed E-state index contributed by atoms with van der Waals surface area (Å²) < 4.78 is 5.36. The molecule has 1 amide bonds. The van der Waals surface area contributed by atoms with E-state index in [9.17, 15) is 4.79 Å². The third kappa shape index (κ3) is 3.70. The van der Waals surface area contributed by atoms with E-state index in [4.69, 9.17) is 10.5 Å². The number of amides is 1. The Hall–Kier alpha value is -1.62. The maximum atomic E-state index is 12.2. The number of aryl methyl sites for hydroxylation is 1. The Balaban J connectivity index is 1.99. The van der Waals surface area contributed by atoms with E-state index in [1.165, 1.54) is 0 Å². The molecule has 1 saturated heterocycles. The first kappa shape index (κ1) is 14.8. The Morgan fingerprint density at radius 2 is 2.15 bits per heavy atom. The minimum Gasteiger partial charge on any atom is -0.384 e. The van der Waals surface area contributed by atoms with Crippen LogP contribution in [-0.4, -0.2) is 30.6 Å². The molecule has 0 radical (unpaired) electrons. The van der Waals surface area contributed by atoms with Crippen molar-refractivity contribution in [1.29, 1.82) is 0 Å². The molecule has 5 heteroatoms.